The molecule has 0 atom stereocenters. The van der Waals surface area contributed by atoms with Crippen LogP contribution in [0.2, 0.25) is 0 Å². The highest BCUT2D eigenvalue weighted by atomic mass is 32.2. The first-order valence-electron chi connectivity index (χ1n) is 8.40. The Bertz CT molecular complexity index is 950. The Morgan fingerprint density at radius 3 is 2.46 bits per heavy atom. The zero-order valence-electron chi connectivity index (χ0n) is 15.0. The molecule has 0 saturated heterocycles. The molecule has 2 N–H and O–H groups in total. The van der Waals surface area contributed by atoms with Crippen LogP contribution in [0.1, 0.15) is 34.3 Å². The van der Waals surface area contributed by atoms with Gasteiger partial charge in [0.25, 0.3) is 15.9 Å². The molecule has 0 aliphatic heterocycles. The van der Waals surface area contributed by atoms with Crippen molar-refractivity contribution in [2.45, 2.75) is 37.6 Å². The quantitative estimate of drug-likeness (QED) is 0.814. The maximum atomic E-state index is 12.9. The van der Waals surface area contributed by atoms with Crippen LogP contribution >= 0.6 is 0 Å². The Labute approximate surface area is 153 Å². The van der Waals surface area contributed by atoms with Gasteiger partial charge in [0.1, 0.15) is 5.75 Å². The monoisotopic (exact) mass is 374 g/mol. The molecular weight excluding hydrogens is 352 g/mol. The fraction of sp³-hybridized carbons (Fsp3) is 0.316. The van der Waals surface area contributed by atoms with E-state index < -0.39 is 10.0 Å². The number of hydrogen-bond donors (Lipinski definition) is 2. The van der Waals surface area contributed by atoms with Gasteiger partial charge in [0, 0.05) is 6.04 Å². The van der Waals surface area contributed by atoms with Crippen molar-refractivity contribution < 1.29 is 17.9 Å². The third-order valence-corrected chi connectivity index (χ3v) is 5.82. The van der Waals surface area contributed by atoms with E-state index in [1.807, 2.05) is 0 Å². The van der Waals surface area contributed by atoms with Crippen LogP contribution in [0.15, 0.2) is 41.3 Å². The van der Waals surface area contributed by atoms with E-state index >= 15 is 0 Å². The molecule has 0 aromatic heterocycles. The molecule has 1 aliphatic rings. The number of nitrogens with one attached hydrogen (secondary N) is 2. The van der Waals surface area contributed by atoms with Crippen molar-refractivity contribution in [1.82, 2.24) is 5.32 Å². The first-order chi connectivity index (χ1) is 12.3. The highest BCUT2D eigenvalue weighted by Crippen LogP contribution is 2.28. The average Bonchev–Trinajstić information content (AvgIpc) is 3.40. The number of hydrogen-bond acceptors (Lipinski definition) is 4. The molecule has 1 aliphatic carbocycles. The van der Waals surface area contributed by atoms with Crippen LogP contribution in [0.5, 0.6) is 5.75 Å². The molecule has 7 heteroatoms. The van der Waals surface area contributed by atoms with Crippen LogP contribution in [-0.4, -0.2) is 27.5 Å². The van der Waals surface area contributed by atoms with Gasteiger partial charge in [-0.1, -0.05) is 12.1 Å². The number of methoxy groups -OCH3 is 1. The van der Waals surface area contributed by atoms with E-state index in [-0.39, 0.29) is 22.5 Å². The van der Waals surface area contributed by atoms with Gasteiger partial charge in [-0.2, -0.15) is 0 Å². The number of carbonyl (C=O) groups excluding carboxylic acids is 1. The molecule has 3 rings (SSSR count). The minimum Gasteiger partial charge on any atom is -0.496 e. The van der Waals surface area contributed by atoms with Crippen molar-refractivity contribution in [3.63, 3.8) is 0 Å². The van der Waals surface area contributed by atoms with Gasteiger partial charge in [-0.05, 0) is 62.1 Å². The van der Waals surface area contributed by atoms with E-state index in [0.717, 1.165) is 18.4 Å². The number of carbonyl (C=O) groups is 1. The second-order valence-corrected chi connectivity index (χ2v) is 8.14. The summed E-state index contributed by atoms with van der Waals surface area (Å²) in [5.41, 5.74) is 1.86. The van der Waals surface area contributed by atoms with Gasteiger partial charge in [0.05, 0.1) is 23.3 Å². The lowest BCUT2D eigenvalue weighted by Gasteiger charge is -2.15. The highest BCUT2D eigenvalue weighted by molar-refractivity contribution is 7.92. The summed E-state index contributed by atoms with van der Waals surface area (Å²) in [6.07, 6.45) is 1.92. The summed E-state index contributed by atoms with van der Waals surface area (Å²) in [6, 6.07) is 10.1. The molecule has 0 heterocycles. The Hall–Kier alpha value is -2.54. The lowest BCUT2D eigenvalue weighted by molar-refractivity contribution is 0.0952. The standard InChI is InChI=1S/C19H22N2O4S/c1-12-11-18(13(2)10-17(12)25-3)26(23,24)21-16-7-5-4-6-15(16)19(22)20-14-8-9-14/h4-7,10-11,14,21H,8-9H2,1-3H3,(H,20,22). The number of rotatable bonds is 6. The van der Waals surface area contributed by atoms with Crippen LogP contribution in [0.25, 0.3) is 0 Å². The van der Waals surface area contributed by atoms with E-state index in [1.165, 1.54) is 0 Å². The maximum absolute atomic E-state index is 12.9. The largest absolute Gasteiger partial charge is 0.496 e. The third kappa shape index (κ3) is 3.83. The normalized spacial score (nSPS) is 14.0. The van der Waals surface area contributed by atoms with Gasteiger partial charge in [0.2, 0.25) is 0 Å². The average molecular weight is 374 g/mol. The van der Waals surface area contributed by atoms with E-state index in [2.05, 4.69) is 10.0 Å². The van der Waals surface area contributed by atoms with Gasteiger partial charge in [-0.25, -0.2) is 8.42 Å². The van der Waals surface area contributed by atoms with Gasteiger partial charge >= 0.3 is 0 Å². The Kier molecular flexibility index (Phi) is 4.91. The predicted octanol–water partition coefficient (Wildman–Crippen LogP) is 3.01. The second kappa shape index (κ2) is 6.99. The summed E-state index contributed by atoms with van der Waals surface area (Å²) in [6.45, 7) is 3.50. The Morgan fingerprint density at radius 2 is 1.81 bits per heavy atom. The first kappa shape index (κ1) is 18.3. The molecule has 0 bridgehead atoms. The summed E-state index contributed by atoms with van der Waals surface area (Å²) in [7, 11) is -2.30. The summed E-state index contributed by atoms with van der Waals surface area (Å²) in [5.74, 6) is 0.360. The zero-order chi connectivity index (χ0) is 18.9. The Balaban J connectivity index is 1.93. The molecule has 1 saturated carbocycles. The number of anilines is 1. The van der Waals surface area contributed by atoms with Gasteiger partial charge in [0.15, 0.2) is 0 Å². The molecule has 0 unspecified atom stereocenters. The van der Waals surface area contributed by atoms with Gasteiger partial charge in [-0.15, -0.1) is 0 Å². The summed E-state index contributed by atoms with van der Waals surface area (Å²) >= 11 is 0. The molecule has 138 valence electrons. The van der Waals surface area contributed by atoms with Crippen molar-refractivity contribution in [2.24, 2.45) is 0 Å². The zero-order valence-corrected chi connectivity index (χ0v) is 15.8. The molecular formula is C19H22N2O4S. The minimum atomic E-state index is -3.85. The van der Waals surface area contributed by atoms with Crippen molar-refractivity contribution in [3.05, 3.63) is 53.1 Å². The molecule has 6 nitrogen and oxygen atoms in total. The van der Waals surface area contributed by atoms with E-state index in [0.29, 0.717) is 16.9 Å². The van der Waals surface area contributed by atoms with Crippen LogP contribution in [0.4, 0.5) is 5.69 Å². The molecule has 0 spiro atoms. The molecule has 2 aromatic carbocycles. The molecule has 1 fully saturated rings. The van der Waals surface area contributed by atoms with Crippen LogP contribution in [-0.2, 0) is 10.0 Å². The summed E-state index contributed by atoms with van der Waals surface area (Å²) in [4.78, 5) is 12.5. The van der Waals surface area contributed by atoms with Crippen molar-refractivity contribution in [1.29, 1.82) is 0 Å². The minimum absolute atomic E-state index is 0.160. The number of benzene rings is 2. The van der Waals surface area contributed by atoms with E-state index in [1.54, 1.807) is 57.4 Å². The highest BCUT2D eigenvalue weighted by Gasteiger charge is 2.26. The van der Waals surface area contributed by atoms with Crippen molar-refractivity contribution in [3.8, 4) is 5.75 Å². The smallest absolute Gasteiger partial charge is 0.262 e. The molecule has 1 amide bonds. The maximum Gasteiger partial charge on any atom is 0.262 e. The lowest BCUT2D eigenvalue weighted by Crippen LogP contribution is -2.27. The molecule has 2 aromatic rings. The first-order valence-corrected chi connectivity index (χ1v) is 9.88. The summed E-state index contributed by atoms with van der Waals surface area (Å²) in [5, 5.41) is 2.88. The number of aryl methyl sites for hydroxylation is 2. The SMILES string of the molecule is COc1cc(C)c(S(=O)(=O)Nc2ccccc2C(=O)NC2CC2)cc1C. The van der Waals surface area contributed by atoms with E-state index in [9.17, 15) is 13.2 Å². The van der Waals surface area contributed by atoms with Crippen LogP contribution in [0.3, 0.4) is 0 Å². The van der Waals surface area contributed by atoms with Crippen LogP contribution in [0, 0.1) is 13.8 Å². The number of ether oxygens (including phenoxy) is 1. The van der Waals surface area contributed by atoms with Gasteiger partial charge in [-0.3, -0.25) is 9.52 Å². The number of amides is 1. The fourth-order valence-corrected chi connectivity index (χ4v) is 4.13. The number of sulfonamides is 1. The van der Waals surface area contributed by atoms with Crippen LogP contribution < -0.4 is 14.8 Å². The van der Waals surface area contributed by atoms with Crippen molar-refractivity contribution >= 4 is 21.6 Å². The molecule has 26 heavy (non-hydrogen) atoms. The number of para-hydroxylation sites is 1. The molecule has 0 radical (unpaired) electrons. The summed E-state index contributed by atoms with van der Waals surface area (Å²) < 4.78 is 33.6. The van der Waals surface area contributed by atoms with Crippen molar-refractivity contribution in [2.75, 3.05) is 11.8 Å². The predicted molar refractivity (Wildman–Crippen MR) is 100 cm³/mol. The van der Waals surface area contributed by atoms with Gasteiger partial charge < -0.3 is 10.1 Å². The lowest BCUT2D eigenvalue weighted by atomic mass is 10.1. The third-order valence-electron chi connectivity index (χ3n) is 4.31. The Morgan fingerprint density at radius 1 is 1.12 bits per heavy atom. The van der Waals surface area contributed by atoms with E-state index in [4.69, 9.17) is 4.74 Å². The second-order valence-electron chi connectivity index (χ2n) is 6.49. The topological polar surface area (TPSA) is 84.5 Å². The fourth-order valence-electron chi connectivity index (χ4n) is 2.73.